The van der Waals surface area contributed by atoms with Gasteiger partial charge in [0.25, 0.3) is 0 Å². The van der Waals surface area contributed by atoms with E-state index in [0.717, 1.165) is 5.56 Å². The molecule has 4 nitrogen and oxygen atoms in total. The Labute approximate surface area is 129 Å². The van der Waals surface area contributed by atoms with Gasteiger partial charge in [-0.1, -0.05) is 17.7 Å². The Balaban J connectivity index is 2.18. The van der Waals surface area contributed by atoms with Crippen LogP contribution in [0.5, 0.6) is 5.75 Å². The van der Waals surface area contributed by atoms with Gasteiger partial charge in [-0.25, -0.2) is 9.97 Å². The lowest BCUT2D eigenvalue weighted by Gasteiger charge is -2.13. The number of aryl methyl sites for hydroxylation is 1. The summed E-state index contributed by atoms with van der Waals surface area (Å²) < 4.78 is 39.0. The van der Waals surface area contributed by atoms with E-state index >= 15 is 0 Å². The van der Waals surface area contributed by atoms with Crippen LogP contribution in [-0.2, 0) is 6.18 Å². The van der Waals surface area contributed by atoms with Crippen molar-refractivity contribution in [3.63, 3.8) is 0 Å². The molecule has 0 saturated carbocycles. The maximum Gasteiger partial charge on any atom is 0.451 e. The van der Waals surface area contributed by atoms with Crippen molar-refractivity contribution in [3.8, 4) is 5.75 Å². The van der Waals surface area contributed by atoms with Crippen molar-refractivity contribution >= 4 is 22.4 Å². The van der Waals surface area contributed by atoms with Gasteiger partial charge < -0.3 is 10.4 Å². The smallest absolute Gasteiger partial charge is 0.451 e. The van der Waals surface area contributed by atoms with Crippen LogP contribution in [0.4, 0.5) is 24.7 Å². The molecule has 3 rings (SSSR count). The molecular weight excluding hydrogens is 307 g/mol. The highest BCUT2D eigenvalue weighted by atomic mass is 19.4. The van der Waals surface area contributed by atoms with Gasteiger partial charge in [-0.2, -0.15) is 13.2 Å². The number of rotatable bonds is 2. The first kappa shape index (κ1) is 15.1. The quantitative estimate of drug-likeness (QED) is 0.735. The molecule has 1 aromatic heterocycles. The van der Waals surface area contributed by atoms with Crippen molar-refractivity contribution in [1.29, 1.82) is 0 Å². The Morgan fingerprint density at radius 2 is 1.83 bits per heavy atom. The van der Waals surface area contributed by atoms with Crippen LogP contribution in [0.3, 0.4) is 0 Å². The summed E-state index contributed by atoms with van der Waals surface area (Å²) in [7, 11) is 0. The zero-order valence-corrected chi connectivity index (χ0v) is 12.0. The molecule has 0 saturated heterocycles. The number of fused-ring (bicyclic) bond motifs is 1. The fourth-order valence-corrected chi connectivity index (χ4v) is 2.18. The molecular formula is C16H12F3N3O. The summed E-state index contributed by atoms with van der Waals surface area (Å²) in [5, 5.41) is 12.8. The van der Waals surface area contributed by atoms with Crippen molar-refractivity contribution in [3.05, 3.63) is 53.9 Å². The van der Waals surface area contributed by atoms with Gasteiger partial charge in [0.2, 0.25) is 5.82 Å². The zero-order chi connectivity index (χ0) is 16.6. The number of aromatic nitrogens is 2. The molecule has 0 spiro atoms. The summed E-state index contributed by atoms with van der Waals surface area (Å²) in [6.45, 7) is 1.83. The second-order valence-corrected chi connectivity index (χ2v) is 5.09. The van der Waals surface area contributed by atoms with Crippen molar-refractivity contribution in [2.75, 3.05) is 5.32 Å². The Bertz CT molecular complexity index is 878. The van der Waals surface area contributed by atoms with Gasteiger partial charge in [-0.3, -0.25) is 0 Å². The summed E-state index contributed by atoms with van der Waals surface area (Å²) in [4.78, 5) is 7.19. The van der Waals surface area contributed by atoms with Gasteiger partial charge in [0.05, 0.1) is 5.52 Å². The van der Waals surface area contributed by atoms with Crippen LogP contribution in [-0.4, -0.2) is 15.1 Å². The first-order valence-corrected chi connectivity index (χ1v) is 6.74. The fraction of sp³-hybridized carbons (Fsp3) is 0.125. The Hall–Kier alpha value is -2.83. The number of anilines is 2. The van der Waals surface area contributed by atoms with Crippen LogP contribution in [0, 0.1) is 6.92 Å². The largest absolute Gasteiger partial charge is 0.508 e. The predicted octanol–water partition coefficient (Wildman–Crippen LogP) is 4.41. The number of benzene rings is 2. The highest BCUT2D eigenvalue weighted by Crippen LogP contribution is 2.32. The molecule has 0 aliphatic rings. The lowest BCUT2D eigenvalue weighted by Crippen LogP contribution is -2.12. The number of halogens is 3. The number of phenols is 1. The van der Waals surface area contributed by atoms with Gasteiger partial charge in [0, 0.05) is 17.1 Å². The molecule has 3 aromatic rings. The van der Waals surface area contributed by atoms with Gasteiger partial charge in [0.1, 0.15) is 11.6 Å². The van der Waals surface area contributed by atoms with E-state index < -0.39 is 12.0 Å². The average Bonchev–Trinajstić information content (AvgIpc) is 2.46. The molecule has 1 heterocycles. The lowest BCUT2D eigenvalue weighted by atomic mass is 10.1. The number of nitrogens with zero attached hydrogens (tertiary/aromatic N) is 2. The van der Waals surface area contributed by atoms with Crippen molar-refractivity contribution in [1.82, 2.24) is 9.97 Å². The number of aromatic hydroxyl groups is 1. The van der Waals surface area contributed by atoms with Gasteiger partial charge in [0.15, 0.2) is 0 Å². The Morgan fingerprint density at radius 3 is 2.52 bits per heavy atom. The summed E-state index contributed by atoms with van der Waals surface area (Å²) in [6.07, 6.45) is -4.64. The first-order valence-electron chi connectivity index (χ1n) is 6.74. The minimum atomic E-state index is -4.64. The minimum Gasteiger partial charge on any atom is -0.508 e. The van der Waals surface area contributed by atoms with Gasteiger partial charge >= 0.3 is 6.18 Å². The van der Waals surface area contributed by atoms with Gasteiger partial charge in [-0.05, 0) is 31.2 Å². The Morgan fingerprint density at radius 1 is 1.04 bits per heavy atom. The zero-order valence-electron chi connectivity index (χ0n) is 12.0. The number of nitrogens with one attached hydrogen (secondary N) is 1. The van der Waals surface area contributed by atoms with E-state index in [1.807, 2.05) is 6.92 Å². The summed E-state index contributed by atoms with van der Waals surface area (Å²) in [5.41, 5.74) is 1.50. The van der Waals surface area contributed by atoms with E-state index in [9.17, 15) is 18.3 Å². The molecule has 2 aromatic carbocycles. The van der Waals surface area contributed by atoms with Crippen molar-refractivity contribution in [2.45, 2.75) is 13.1 Å². The summed E-state index contributed by atoms with van der Waals surface area (Å²) in [6, 6.07) is 11.0. The molecule has 2 N–H and O–H groups in total. The molecule has 0 amide bonds. The van der Waals surface area contributed by atoms with Crippen LogP contribution >= 0.6 is 0 Å². The summed E-state index contributed by atoms with van der Waals surface area (Å²) >= 11 is 0. The monoisotopic (exact) mass is 319 g/mol. The molecule has 0 radical (unpaired) electrons. The van der Waals surface area contributed by atoms with Crippen molar-refractivity contribution in [2.24, 2.45) is 0 Å². The Kier molecular flexibility index (Phi) is 3.55. The van der Waals surface area contributed by atoms with Crippen LogP contribution in [0.1, 0.15) is 11.4 Å². The van der Waals surface area contributed by atoms with E-state index in [0.29, 0.717) is 11.1 Å². The van der Waals surface area contributed by atoms with E-state index in [4.69, 9.17) is 0 Å². The molecule has 118 valence electrons. The lowest BCUT2D eigenvalue weighted by molar-refractivity contribution is -0.144. The van der Waals surface area contributed by atoms with Crippen LogP contribution in [0.15, 0.2) is 42.5 Å². The standard InChI is InChI=1S/C16H12F3N3O/c1-9-5-6-13-12(7-9)14(22-15(21-13)16(17,18)19)20-10-3-2-4-11(23)8-10/h2-8,23H,1H3,(H,20,21,22). The minimum absolute atomic E-state index is 0.000544. The molecule has 7 heteroatoms. The third kappa shape index (κ3) is 3.18. The number of phenolic OH excluding ortho intramolecular Hbond substituents is 1. The predicted molar refractivity (Wildman–Crippen MR) is 80.7 cm³/mol. The van der Waals surface area contributed by atoms with Crippen LogP contribution < -0.4 is 5.32 Å². The highest BCUT2D eigenvalue weighted by Gasteiger charge is 2.35. The number of hydrogen-bond donors (Lipinski definition) is 2. The van der Waals surface area contributed by atoms with E-state index in [1.165, 1.54) is 18.2 Å². The molecule has 0 aliphatic carbocycles. The van der Waals surface area contributed by atoms with E-state index in [-0.39, 0.29) is 17.1 Å². The molecule has 0 bridgehead atoms. The van der Waals surface area contributed by atoms with Gasteiger partial charge in [-0.15, -0.1) is 0 Å². The summed E-state index contributed by atoms with van der Waals surface area (Å²) in [5.74, 6) is -1.17. The van der Waals surface area contributed by atoms with Crippen molar-refractivity contribution < 1.29 is 18.3 Å². The van der Waals surface area contributed by atoms with E-state index in [1.54, 1.807) is 24.3 Å². The molecule has 0 atom stereocenters. The third-order valence-corrected chi connectivity index (χ3v) is 3.21. The normalized spacial score (nSPS) is 11.7. The van der Waals surface area contributed by atoms with Crippen LogP contribution in [0.25, 0.3) is 10.9 Å². The third-order valence-electron chi connectivity index (χ3n) is 3.21. The number of alkyl halides is 3. The fourth-order valence-electron chi connectivity index (χ4n) is 2.18. The number of hydrogen-bond acceptors (Lipinski definition) is 4. The van der Waals surface area contributed by atoms with Crippen LogP contribution in [0.2, 0.25) is 0 Å². The maximum absolute atomic E-state index is 13.0. The average molecular weight is 319 g/mol. The molecule has 23 heavy (non-hydrogen) atoms. The highest BCUT2D eigenvalue weighted by molar-refractivity contribution is 5.91. The molecule has 0 aliphatic heterocycles. The second-order valence-electron chi connectivity index (χ2n) is 5.09. The molecule has 0 fully saturated rings. The SMILES string of the molecule is Cc1ccc2nc(C(F)(F)F)nc(Nc3cccc(O)c3)c2c1. The first-order chi connectivity index (χ1) is 10.8. The molecule has 0 unspecified atom stereocenters. The topological polar surface area (TPSA) is 58.0 Å². The van der Waals surface area contributed by atoms with E-state index in [2.05, 4.69) is 15.3 Å². The second kappa shape index (κ2) is 5.42. The maximum atomic E-state index is 13.0.